The third-order valence-electron chi connectivity index (χ3n) is 0.592. The molecule has 0 atom stereocenters. The van der Waals surface area contributed by atoms with E-state index in [0.717, 1.165) is 0 Å². The summed E-state index contributed by atoms with van der Waals surface area (Å²) in [7, 11) is 0. The van der Waals surface area contributed by atoms with E-state index in [1.807, 2.05) is 0 Å². The molecular formula is C5H6NO. The Morgan fingerprint density at radius 1 is 1.29 bits per heavy atom. The van der Waals surface area contributed by atoms with Crippen molar-refractivity contribution in [2.75, 3.05) is 0 Å². The highest BCUT2D eigenvalue weighted by Gasteiger charge is 1.77. The van der Waals surface area contributed by atoms with Gasteiger partial charge in [-0.15, -0.1) is 0 Å². The van der Waals surface area contributed by atoms with E-state index in [4.69, 9.17) is 4.74 Å². The zero-order valence-electron chi connectivity index (χ0n) is 3.79. The third-order valence-corrected chi connectivity index (χ3v) is 0.592. The SMILES string of the molecule is [CH]1C=COC=CN1. The Morgan fingerprint density at radius 3 is 3.29 bits per heavy atom. The average molecular weight is 96.1 g/mol. The quantitative estimate of drug-likeness (QED) is 0.480. The van der Waals surface area contributed by atoms with Crippen LogP contribution in [0.1, 0.15) is 0 Å². The first-order chi connectivity index (χ1) is 3.50. The van der Waals surface area contributed by atoms with Crippen LogP contribution in [-0.4, -0.2) is 0 Å². The van der Waals surface area contributed by atoms with Crippen molar-refractivity contribution >= 4 is 0 Å². The van der Waals surface area contributed by atoms with Gasteiger partial charge in [-0.3, -0.25) is 0 Å². The molecule has 1 aliphatic rings. The molecular weight excluding hydrogens is 90.1 g/mol. The van der Waals surface area contributed by atoms with Gasteiger partial charge in [0.15, 0.2) is 0 Å². The van der Waals surface area contributed by atoms with Gasteiger partial charge in [0.25, 0.3) is 0 Å². The van der Waals surface area contributed by atoms with Crippen molar-refractivity contribution in [2.24, 2.45) is 0 Å². The van der Waals surface area contributed by atoms with Crippen molar-refractivity contribution in [1.82, 2.24) is 5.32 Å². The van der Waals surface area contributed by atoms with Crippen LogP contribution in [0, 0.1) is 6.54 Å². The fourth-order valence-corrected chi connectivity index (χ4v) is 0.320. The molecule has 1 heterocycles. The average Bonchev–Trinajstić information content (AvgIpc) is 1.90. The molecule has 1 rings (SSSR count). The van der Waals surface area contributed by atoms with E-state index in [2.05, 4.69) is 5.32 Å². The van der Waals surface area contributed by atoms with Gasteiger partial charge in [0.1, 0.15) is 6.26 Å². The Morgan fingerprint density at radius 2 is 2.29 bits per heavy atom. The van der Waals surface area contributed by atoms with E-state index < -0.39 is 0 Å². The number of hydrogen-bond donors (Lipinski definition) is 1. The molecule has 2 nitrogen and oxygen atoms in total. The summed E-state index contributed by atoms with van der Waals surface area (Å²) in [6.07, 6.45) is 6.65. The summed E-state index contributed by atoms with van der Waals surface area (Å²) in [4.78, 5) is 0. The van der Waals surface area contributed by atoms with Crippen molar-refractivity contribution in [3.8, 4) is 0 Å². The van der Waals surface area contributed by atoms with Gasteiger partial charge in [-0.1, -0.05) is 0 Å². The summed E-state index contributed by atoms with van der Waals surface area (Å²) < 4.78 is 4.74. The zero-order chi connectivity index (χ0) is 4.95. The molecule has 0 amide bonds. The van der Waals surface area contributed by atoms with Gasteiger partial charge in [-0.05, 0) is 6.08 Å². The molecule has 1 N–H and O–H groups in total. The molecule has 0 aromatic carbocycles. The molecule has 0 aromatic heterocycles. The number of ether oxygens (including phenoxy) is 1. The Balaban J connectivity index is 2.38. The van der Waals surface area contributed by atoms with Gasteiger partial charge in [0.2, 0.25) is 0 Å². The van der Waals surface area contributed by atoms with Crippen molar-refractivity contribution in [3.05, 3.63) is 31.3 Å². The van der Waals surface area contributed by atoms with Gasteiger partial charge in [0, 0.05) is 6.20 Å². The number of nitrogens with one attached hydrogen (secondary N) is 1. The number of hydrogen-bond acceptors (Lipinski definition) is 2. The summed E-state index contributed by atoms with van der Waals surface area (Å²) >= 11 is 0. The smallest absolute Gasteiger partial charge is 0.106 e. The maximum absolute atomic E-state index is 4.74. The summed E-state index contributed by atoms with van der Waals surface area (Å²) in [5.74, 6) is 0. The predicted molar refractivity (Wildman–Crippen MR) is 26.8 cm³/mol. The lowest BCUT2D eigenvalue weighted by molar-refractivity contribution is 0.403. The second-order valence-corrected chi connectivity index (χ2v) is 1.10. The lowest BCUT2D eigenvalue weighted by atomic mass is 10.6. The van der Waals surface area contributed by atoms with Crippen LogP contribution in [0.15, 0.2) is 24.8 Å². The maximum Gasteiger partial charge on any atom is 0.106 e. The first kappa shape index (κ1) is 4.24. The monoisotopic (exact) mass is 96.0 g/mol. The van der Waals surface area contributed by atoms with Crippen LogP contribution in [-0.2, 0) is 4.74 Å². The highest BCUT2D eigenvalue weighted by molar-refractivity contribution is 4.95. The van der Waals surface area contributed by atoms with Crippen molar-refractivity contribution in [2.45, 2.75) is 0 Å². The second-order valence-electron chi connectivity index (χ2n) is 1.10. The van der Waals surface area contributed by atoms with Crippen LogP contribution in [0.25, 0.3) is 0 Å². The topological polar surface area (TPSA) is 21.3 Å². The largest absolute Gasteiger partial charge is 0.471 e. The number of rotatable bonds is 0. The lowest BCUT2D eigenvalue weighted by Gasteiger charge is -1.82. The van der Waals surface area contributed by atoms with Gasteiger partial charge >= 0.3 is 0 Å². The second kappa shape index (κ2) is 2.29. The minimum atomic E-state index is 1.57. The standard InChI is InChI=1S/C5H6NO/c1-2-6-3-5-7-4-1/h1-6H. The fourth-order valence-electron chi connectivity index (χ4n) is 0.320. The van der Waals surface area contributed by atoms with Crippen LogP contribution in [0.5, 0.6) is 0 Å². The van der Waals surface area contributed by atoms with E-state index in [9.17, 15) is 0 Å². The molecule has 0 aliphatic carbocycles. The molecule has 7 heavy (non-hydrogen) atoms. The van der Waals surface area contributed by atoms with E-state index >= 15 is 0 Å². The van der Waals surface area contributed by atoms with Crippen LogP contribution in [0.4, 0.5) is 0 Å². The van der Waals surface area contributed by atoms with E-state index in [1.54, 1.807) is 31.3 Å². The van der Waals surface area contributed by atoms with E-state index in [-0.39, 0.29) is 0 Å². The van der Waals surface area contributed by atoms with Gasteiger partial charge < -0.3 is 10.1 Å². The summed E-state index contributed by atoms with van der Waals surface area (Å²) in [6.45, 7) is 1.78. The highest BCUT2D eigenvalue weighted by Crippen LogP contribution is 1.85. The highest BCUT2D eigenvalue weighted by atomic mass is 16.5. The van der Waals surface area contributed by atoms with Crippen LogP contribution >= 0.6 is 0 Å². The zero-order valence-corrected chi connectivity index (χ0v) is 3.79. The molecule has 0 spiro atoms. The first-order valence-electron chi connectivity index (χ1n) is 2.05. The van der Waals surface area contributed by atoms with Crippen LogP contribution < -0.4 is 5.32 Å². The minimum Gasteiger partial charge on any atom is -0.471 e. The minimum absolute atomic E-state index is 1.57. The van der Waals surface area contributed by atoms with Gasteiger partial charge in [-0.2, -0.15) is 0 Å². The molecule has 0 saturated heterocycles. The predicted octanol–water partition coefficient (Wildman–Crippen LogP) is 0.753. The molecule has 0 fully saturated rings. The fraction of sp³-hybridized carbons (Fsp3) is 0. The Hall–Kier alpha value is -0.920. The van der Waals surface area contributed by atoms with Gasteiger partial charge in [0.05, 0.1) is 12.8 Å². The van der Waals surface area contributed by atoms with Crippen LogP contribution in [0.2, 0.25) is 0 Å². The molecule has 0 bridgehead atoms. The van der Waals surface area contributed by atoms with Gasteiger partial charge in [-0.25, -0.2) is 0 Å². The van der Waals surface area contributed by atoms with Crippen molar-refractivity contribution < 1.29 is 4.74 Å². The lowest BCUT2D eigenvalue weighted by Crippen LogP contribution is -1.93. The molecule has 1 aliphatic heterocycles. The van der Waals surface area contributed by atoms with Crippen molar-refractivity contribution in [3.63, 3.8) is 0 Å². The molecule has 1 radical (unpaired) electrons. The summed E-state index contributed by atoms with van der Waals surface area (Å²) in [5.41, 5.74) is 0. The molecule has 2 heteroatoms. The first-order valence-corrected chi connectivity index (χ1v) is 2.05. The maximum atomic E-state index is 4.74. The normalized spacial score (nSPS) is 17.1. The van der Waals surface area contributed by atoms with Crippen LogP contribution in [0.3, 0.4) is 0 Å². The van der Waals surface area contributed by atoms with E-state index in [1.165, 1.54) is 0 Å². The molecule has 37 valence electrons. The summed E-state index contributed by atoms with van der Waals surface area (Å²) in [6, 6.07) is 0. The Labute approximate surface area is 42.5 Å². The molecule has 0 saturated carbocycles. The molecule has 0 aromatic rings. The van der Waals surface area contributed by atoms with Crippen molar-refractivity contribution in [1.29, 1.82) is 0 Å². The third kappa shape index (κ3) is 1.30. The Bertz CT molecular complexity index is 84.3. The molecule has 0 unspecified atom stereocenters. The Kier molecular flexibility index (Phi) is 1.39. The summed E-state index contributed by atoms with van der Waals surface area (Å²) in [5, 5.41) is 2.83. The van der Waals surface area contributed by atoms with E-state index in [0.29, 0.717) is 0 Å².